The van der Waals surface area contributed by atoms with Crippen molar-refractivity contribution >= 4 is 5.91 Å². The number of benzene rings is 1. The van der Waals surface area contributed by atoms with Crippen molar-refractivity contribution in [3.8, 4) is 6.07 Å². The Balaban J connectivity index is 2.11. The van der Waals surface area contributed by atoms with E-state index in [-0.39, 0.29) is 5.91 Å². The van der Waals surface area contributed by atoms with Crippen LogP contribution in [0.15, 0.2) is 24.3 Å². The van der Waals surface area contributed by atoms with E-state index in [0.717, 1.165) is 31.2 Å². The summed E-state index contributed by atoms with van der Waals surface area (Å²) in [6, 6.07) is 10.5. The van der Waals surface area contributed by atoms with Crippen LogP contribution in [0.25, 0.3) is 0 Å². The van der Waals surface area contributed by atoms with E-state index in [4.69, 9.17) is 0 Å². The van der Waals surface area contributed by atoms with Gasteiger partial charge in [-0.05, 0) is 25.3 Å². The lowest BCUT2D eigenvalue weighted by Crippen LogP contribution is -2.40. The number of hydrogen-bond acceptors (Lipinski definition) is 2. The standard InChI is InChI=1S/C18H24N2O/c1-15-8-7-9-16(12-15)13-20(2)17(21)18(14-19)10-5-3-4-6-11-18/h7-9,12H,3-6,10-11,13H2,1-2H3. The Labute approximate surface area is 127 Å². The highest BCUT2D eigenvalue weighted by atomic mass is 16.2. The first-order chi connectivity index (χ1) is 10.1. The van der Waals surface area contributed by atoms with Crippen LogP contribution in [-0.4, -0.2) is 17.9 Å². The molecule has 21 heavy (non-hydrogen) atoms. The Hall–Kier alpha value is -1.82. The zero-order valence-corrected chi connectivity index (χ0v) is 13.1. The molecule has 0 aliphatic heterocycles. The van der Waals surface area contributed by atoms with Gasteiger partial charge in [-0.15, -0.1) is 0 Å². The van der Waals surface area contributed by atoms with Crippen molar-refractivity contribution in [1.29, 1.82) is 5.26 Å². The van der Waals surface area contributed by atoms with Gasteiger partial charge in [0.15, 0.2) is 0 Å². The summed E-state index contributed by atoms with van der Waals surface area (Å²) in [6.07, 6.45) is 5.66. The Morgan fingerprint density at radius 2 is 1.95 bits per heavy atom. The number of carbonyl (C=O) groups is 1. The van der Waals surface area contributed by atoms with Gasteiger partial charge in [0.1, 0.15) is 5.41 Å². The van der Waals surface area contributed by atoms with Gasteiger partial charge in [0.25, 0.3) is 0 Å². The lowest BCUT2D eigenvalue weighted by molar-refractivity contribution is -0.138. The molecule has 3 nitrogen and oxygen atoms in total. The fourth-order valence-corrected chi connectivity index (χ4v) is 3.23. The summed E-state index contributed by atoms with van der Waals surface area (Å²) in [5.41, 5.74) is 1.51. The number of hydrogen-bond donors (Lipinski definition) is 0. The lowest BCUT2D eigenvalue weighted by Gasteiger charge is -2.29. The Morgan fingerprint density at radius 1 is 1.29 bits per heavy atom. The molecule has 0 unspecified atom stereocenters. The van der Waals surface area contributed by atoms with Crippen molar-refractivity contribution in [1.82, 2.24) is 4.90 Å². The Bertz CT molecular complexity index is 536. The second kappa shape index (κ2) is 6.76. The second-order valence-corrected chi connectivity index (χ2v) is 6.26. The summed E-state index contributed by atoms with van der Waals surface area (Å²) in [6.45, 7) is 2.62. The van der Waals surface area contributed by atoms with E-state index in [2.05, 4.69) is 12.1 Å². The molecule has 0 atom stereocenters. The molecule has 1 aromatic rings. The van der Waals surface area contributed by atoms with Crippen molar-refractivity contribution in [2.24, 2.45) is 5.41 Å². The van der Waals surface area contributed by atoms with Crippen LogP contribution in [0.1, 0.15) is 49.7 Å². The normalized spacial score (nSPS) is 17.6. The third kappa shape index (κ3) is 3.64. The number of rotatable bonds is 3. The molecule has 112 valence electrons. The molecule has 1 aliphatic rings. The number of amides is 1. The molecule has 0 aromatic heterocycles. The Morgan fingerprint density at radius 3 is 2.52 bits per heavy atom. The summed E-state index contributed by atoms with van der Waals surface area (Å²) < 4.78 is 0. The number of aryl methyl sites for hydroxylation is 1. The van der Waals surface area contributed by atoms with Crippen LogP contribution >= 0.6 is 0 Å². The van der Waals surface area contributed by atoms with Gasteiger partial charge in [-0.25, -0.2) is 0 Å². The molecule has 0 saturated heterocycles. The number of nitrogens with zero attached hydrogens (tertiary/aromatic N) is 2. The van der Waals surface area contributed by atoms with Crippen LogP contribution in [0.2, 0.25) is 0 Å². The van der Waals surface area contributed by atoms with E-state index in [1.807, 2.05) is 32.2 Å². The minimum atomic E-state index is -0.797. The lowest BCUT2D eigenvalue weighted by atomic mass is 9.80. The number of carbonyl (C=O) groups excluding carboxylic acids is 1. The van der Waals surface area contributed by atoms with Gasteiger partial charge in [0.2, 0.25) is 5.91 Å². The molecule has 2 rings (SSSR count). The van der Waals surface area contributed by atoms with Crippen molar-refractivity contribution in [3.05, 3.63) is 35.4 Å². The van der Waals surface area contributed by atoms with E-state index in [1.165, 1.54) is 5.56 Å². The second-order valence-electron chi connectivity index (χ2n) is 6.26. The van der Waals surface area contributed by atoms with Crippen molar-refractivity contribution in [2.45, 2.75) is 52.0 Å². The zero-order chi connectivity index (χ0) is 15.3. The first-order valence-electron chi connectivity index (χ1n) is 7.80. The summed E-state index contributed by atoms with van der Waals surface area (Å²) in [5.74, 6) is -0.00611. The molecule has 1 amide bonds. The molecule has 0 N–H and O–H groups in total. The van der Waals surface area contributed by atoms with Gasteiger partial charge >= 0.3 is 0 Å². The summed E-state index contributed by atoms with van der Waals surface area (Å²) in [4.78, 5) is 14.5. The molecule has 1 aromatic carbocycles. The van der Waals surface area contributed by atoms with Crippen LogP contribution in [0.4, 0.5) is 0 Å². The van der Waals surface area contributed by atoms with Crippen molar-refractivity contribution in [2.75, 3.05) is 7.05 Å². The van der Waals surface area contributed by atoms with Gasteiger partial charge in [0, 0.05) is 13.6 Å². The highest BCUT2D eigenvalue weighted by Gasteiger charge is 2.40. The summed E-state index contributed by atoms with van der Waals surface area (Å²) in [7, 11) is 1.81. The molecule has 3 heteroatoms. The van der Waals surface area contributed by atoms with Gasteiger partial charge in [-0.2, -0.15) is 5.26 Å². The molecule has 0 heterocycles. The highest BCUT2D eigenvalue weighted by Crippen LogP contribution is 2.36. The van der Waals surface area contributed by atoms with Crippen molar-refractivity contribution in [3.63, 3.8) is 0 Å². The molecule has 1 saturated carbocycles. The average Bonchev–Trinajstić information content (AvgIpc) is 2.72. The van der Waals surface area contributed by atoms with Crippen LogP contribution in [0.5, 0.6) is 0 Å². The third-order valence-electron chi connectivity index (χ3n) is 4.43. The predicted octanol–water partition coefficient (Wildman–Crippen LogP) is 3.82. The summed E-state index contributed by atoms with van der Waals surface area (Å²) >= 11 is 0. The molecule has 0 spiro atoms. The van der Waals surface area contributed by atoms with Crippen LogP contribution in [0.3, 0.4) is 0 Å². The van der Waals surface area contributed by atoms with E-state index >= 15 is 0 Å². The van der Waals surface area contributed by atoms with Gasteiger partial charge < -0.3 is 4.90 Å². The highest BCUT2D eigenvalue weighted by molar-refractivity contribution is 5.85. The van der Waals surface area contributed by atoms with Crippen molar-refractivity contribution < 1.29 is 4.79 Å². The van der Waals surface area contributed by atoms with E-state index < -0.39 is 5.41 Å². The molecule has 0 bridgehead atoms. The molecular weight excluding hydrogens is 260 g/mol. The molecular formula is C18H24N2O. The van der Waals surface area contributed by atoms with E-state index in [0.29, 0.717) is 19.4 Å². The average molecular weight is 284 g/mol. The maximum absolute atomic E-state index is 12.8. The van der Waals surface area contributed by atoms with Gasteiger partial charge in [-0.1, -0.05) is 55.5 Å². The van der Waals surface area contributed by atoms with Crippen LogP contribution < -0.4 is 0 Å². The van der Waals surface area contributed by atoms with Crippen LogP contribution in [0, 0.1) is 23.7 Å². The third-order valence-corrected chi connectivity index (χ3v) is 4.43. The first kappa shape index (κ1) is 15.6. The fourth-order valence-electron chi connectivity index (χ4n) is 3.23. The first-order valence-corrected chi connectivity index (χ1v) is 7.80. The number of nitriles is 1. The van der Waals surface area contributed by atoms with Crippen LogP contribution in [-0.2, 0) is 11.3 Å². The summed E-state index contributed by atoms with van der Waals surface area (Å²) in [5, 5.41) is 9.60. The monoisotopic (exact) mass is 284 g/mol. The Kier molecular flexibility index (Phi) is 5.01. The van der Waals surface area contributed by atoms with Gasteiger partial charge in [-0.3, -0.25) is 4.79 Å². The topological polar surface area (TPSA) is 44.1 Å². The molecule has 1 fully saturated rings. The molecule has 0 radical (unpaired) electrons. The van der Waals surface area contributed by atoms with E-state index in [9.17, 15) is 10.1 Å². The largest absolute Gasteiger partial charge is 0.340 e. The maximum atomic E-state index is 12.8. The smallest absolute Gasteiger partial charge is 0.243 e. The van der Waals surface area contributed by atoms with E-state index in [1.54, 1.807) is 4.90 Å². The SMILES string of the molecule is Cc1cccc(CN(C)C(=O)C2(C#N)CCCCCC2)c1. The minimum Gasteiger partial charge on any atom is -0.340 e. The van der Waals surface area contributed by atoms with Gasteiger partial charge in [0.05, 0.1) is 6.07 Å². The predicted molar refractivity (Wildman–Crippen MR) is 83.4 cm³/mol. The maximum Gasteiger partial charge on any atom is 0.243 e. The zero-order valence-electron chi connectivity index (χ0n) is 13.1. The fraction of sp³-hybridized carbons (Fsp3) is 0.556. The molecule has 1 aliphatic carbocycles. The minimum absolute atomic E-state index is 0.00611. The quantitative estimate of drug-likeness (QED) is 0.792.